The van der Waals surface area contributed by atoms with E-state index in [9.17, 15) is 9.59 Å². The Balaban J connectivity index is 2.68. The summed E-state index contributed by atoms with van der Waals surface area (Å²) in [6, 6.07) is 7.78. The van der Waals surface area contributed by atoms with Crippen molar-refractivity contribution in [1.82, 2.24) is 0 Å². The van der Waals surface area contributed by atoms with Crippen molar-refractivity contribution in [2.75, 3.05) is 19.1 Å². The molecule has 1 aromatic carbocycles. The van der Waals surface area contributed by atoms with Gasteiger partial charge in [-0.2, -0.15) is 0 Å². The summed E-state index contributed by atoms with van der Waals surface area (Å²) in [6.45, 7) is 2.12. The molecule has 0 aliphatic carbocycles. The van der Waals surface area contributed by atoms with E-state index in [0.717, 1.165) is 18.5 Å². The summed E-state index contributed by atoms with van der Waals surface area (Å²) < 4.78 is 4.47. The molecule has 0 saturated carbocycles. The number of methoxy groups -OCH3 is 1. The van der Waals surface area contributed by atoms with Gasteiger partial charge in [-0.1, -0.05) is 25.5 Å². The van der Waals surface area contributed by atoms with Gasteiger partial charge >= 0.3 is 5.97 Å². The van der Waals surface area contributed by atoms with Crippen LogP contribution in [0.1, 0.15) is 25.3 Å². The third kappa shape index (κ3) is 3.87. The Hall–Kier alpha value is -1.84. The van der Waals surface area contributed by atoms with Crippen molar-refractivity contribution in [3.05, 3.63) is 29.8 Å². The summed E-state index contributed by atoms with van der Waals surface area (Å²) in [5.74, 6) is -0.792. The van der Waals surface area contributed by atoms with Crippen LogP contribution in [0.3, 0.4) is 0 Å². The lowest BCUT2D eigenvalue weighted by Crippen LogP contribution is -2.28. The number of benzene rings is 1. The largest absolute Gasteiger partial charge is 0.469 e. The van der Waals surface area contributed by atoms with Crippen molar-refractivity contribution >= 4 is 17.6 Å². The van der Waals surface area contributed by atoms with E-state index in [2.05, 4.69) is 11.7 Å². The molecule has 4 heteroatoms. The zero-order chi connectivity index (χ0) is 13.5. The molecule has 0 bridgehead atoms. The van der Waals surface area contributed by atoms with Gasteiger partial charge in [0.05, 0.1) is 7.11 Å². The number of aryl methyl sites for hydroxylation is 1. The average molecular weight is 249 g/mol. The molecule has 0 aliphatic rings. The molecular formula is C14H19NO3. The lowest BCUT2D eigenvalue weighted by molar-refractivity contribution is -0.143. The summed E-state index contributed by atoms with van der Waals surface area (Å²) in [6.07, 6.45) is 1.89. The quantitative estimate of drug-likeness (QED) is 0.593. The van der Waals surface area contributed by atoms with E-state index in [1.807, 2.05) is 24.3 Å². The second-order valence-electron chi connectivity index (χ2n) is 4.12. The van der Waals surface area contributed by atoms with Crippen LogP contribution in [-0.2, 0) is 20.7 Å². The highest BCUT2D eigenvalue weighted by atomic mass is 16.5. The van der Waals surface area contributed by atoms with Gasteiger partial charge in [0.1, 0.15) is 6.42 Å². The van der Waals surface area contributed by atoms with Gasteiger partial charge in [0.2, 0.25) is 5.91 Å². The standard InChI is InChI=1S/C14H19NO3/c1-4-5-11-6-8-12(9-7-11)15(2)13(16)10-14(17)18-3/h6-9H,4-5,10H2,1-3H3. The van der Waals surface area contributed by atoms with Gasteiger partial charge in [0, 0.05) is 12.7 Å². The number of amides is 1. The van der Waals surface area contributed by atoms with E-state index in [-0.39, 0.29) is 12.3 Å². The first-order valence-corrected chi connectivity index (χ1v) is 6.00. The molecule has 0 N–H and O–H groups in total. The Kier molecular flexibility index (Phi) is 5.36. The van der Waals surface area contributed by atoms with Gasteiger partial charge in [0.25, 0.3) is 0 Å². The maximum absolute atomic E-state index is 11.7. The molecule has 98 valence electrons. The topological polar surface area (TPSA) is 46.6 Å². The molecule has 4 nitrogen and oxygen atoms in total. The van der Waals surface area contributed by atoms with Gasteiger partial charge < -0.3 is 9.64 Å². The van der Waals surface area contributed by atoms with Crippen LogP contribution < -0.4 is 4.90 Å². The Bertz CT molecular complexity index is 412. The number of nitrogens with zero attached hydrogens (tertiary/aromatic N) is 1. The molecule has 0 fully saturated rings. The SMILES string of the molecule is CCCc1ccc(N(C)C(=O)CC(=O)OC)cc1. The van der Waals surface area contributed by atoms with E-state index < -0.39 is 5.97 Å². The Labute approximate surface area is 108 Å². The Morgan fingerprint density at radius 1 is 1.22 bits per heavy atom. The number of hydrogen-bond acceptors (Lipinski definition) is 3. The summed E-state index contributed by atoms with van der Waals surface area (Å²) >= 11 is 0. The summed E-state index contributed by atoms with van der Waals surface area (Å²) in [7, 11) is 2.93. The Morgan fingerprint density at radius 3 is 2.33 bits per heavy atom. The van der Waals surface area contributed by atoms with Gasteiger partial charge in [0.15, 0.2) is 0 Å². The summed E-state index contributed by atoms with van der Waals surface area (Å²) in [5, 5.41) is 0. The van der Waals surface area contributed by atoms with Crippen LogP contribution in [0, 0.1) is 0 Å². The number of hydrogen-bond donors (Lipinski definition) is 0. The van der Waals surface area contributed by atoms with Crippen molar-refractivity contribution in [3.8, 4) is 0 Å². The predicted octanol–water partition coefficient (Wildman–Crippen LogP) is 2.17. The third-order valence-corrected chi connectivity index (χ3v) is 2.76. The van der Waals surface area contributed by atoms with Crippen molar-refractivity contribution in [2.24, 2.45) is 0 Å². The highest BCUT2D eigenvalue weighted by Gasteiger charge is 2.15. The molecule has 1 amide bonds. The van der Waals surface area contributed by atoms with Crippen LogP contribution in [-0.4, -0.2) is 26.0 Å². The lowest BCUT2D eigenvalue weighted by atomic mass is 10.1. The molecular weight excluding hydrogens is 230 g/mol. The second kappa shape index (κ2) is 6.79. The fraction of sp³-hybridized carbons (Fsp3) is 0.429. The van der Waals surface area contributed by atoms with E-state index in [4.69, 9.17) is 0 Å². The molecule has 0 atom stereocenters. The van der Waals surface area contributed by atoms with Crippen LogP contribution in [0.15, 0.2) is 24.3 Å². The minimum Gasteiger partial charge on any atom is -0.469 e. The fourth-order valence-corrected chi connectivity index (χ4v) is 1.63. The maximum atomic E-state index is 11.7. The fourth-order valence-electron chi connectivity index (χ4n) is 1.63. The molecule has 0 saturated heterocycles. The number of carbonyl (C=O) groups is 2. The minimum absolute atomic E-state index is 0.232. The molecule has 1 rings (SSSR count). The van der Waals surface area contributed by atoms with E-state index in [0.29, 0.717) is 0 Å². The van der Waals surface area contributed by atoms with Crippen LogP contribution in [0.2, 0.25) is 0 Å². The van der Waals surface area contributed by atoms with Gasteiger partial charge in [-0.3, -0.25) is 9.59 Å². The normalized spacial score (nSPS) is 9.94. The van der Waals surface area contributed by atoms with E-state index in [1.54, 1.807) is 7.05 Å². The number of rotatable bonds is 5. The number of ether oxygens (including phenoxy) is 1. The first-order valence-electron chi connectivity index (χ1n) is 6.00. The Morgan fingerprint density at radius 2 is 1.83 bits per heavy atom. The van der Waals surface area contributed by atoms with E-state index in [1.165, 1.54) is 17.6 Å². The summed E-state index contributed by atoms with van der Waals surface area (Å²) in [4.78, 5) is 24.2. The molecule has 0 aliphatic heterocycles. The molecule has 0 heterocycles. The van der Waals surface area contributed by atoms with Crippen LogP contribution in [0.25, 0.3) is 0 Å². The van der Waals surface area contributed by atoms with Crippen molar-refractivity contribution in [2.45, 2.75) is 26.2 Å². The molecule has 0 radical (unpaired) electrons. The highest BCUT2D eigenvalue weighted by molar-refractivity contribution is 6.03. The van der Waals surface area contributed by atoms with Gasteiger partial charge in [-0.15, -0.1) is 0 Å². The van der Waals surface area contributed by atoms with Crippen molar-refractivity contribution in [1.29, 1.82) is 0 Å². The molecule has 0 aromatic heterocycles. The minimum atomic E-state index is -0.519. The summed E-state index contributed by atoms with van der Waals surface area (Å²) in [5.41, 5.74) is 2.03. The monoisotopic (exact) mass is 249 g/mol. The zero-order valence-corrected chi connectivity index (χ0v) is 11.1. The molecule has 0 unspecified atom stereocenters. The van der Waals surface area contributed by atoms with Crippen molar-refractivity contribution in [3.63, 3.8) is 0 Å². The van der Waals surface area contributed by atoms with Crippen LogP contribution in [0.5, 0.6) is 0 Å². The molecule has 18 heavy (non-hydrogen) atoms. The van der Waals surface area contributed by atoms with E-state index >= 15 is 0 Å². The first kappa shape index (κ1) is 14.2. The maximum Gasteiger partial charge on any atom is 0.315 e. The number of anilines is 1. The van der Waals surface area contributed by atoms with Gasteiger partial charge in [-0.25, -0.2) is 0 Å². The lowest BCUT2D eigenvalue weighted by Gasteiger charge is -2.17. The predicted molar refractivity (Wildman–Crippen MR) is 70.5 cm³/mol. The van der Waals surface area contributed by atoms with Crippen LogP contribution >= 0.6 is 0 Å². The van der Waals surface area contributed by atoms with Crippen molar-refractivity contribution < 1.29 is 14.3 Å². The molecule has 0 spiro atoms. The van der Waals surface area contributed by atoms with Crippen LogP contribution in [0.4, 0.5) is 5.69 Å². The number of esters is 1. The average Bonchev–Trinajstić information content (AvgIpc) is 2.39. The highest BCUT2D eigenvalue weighted by Crippen LogP contribution is 2.15. The zero-order valence-electron chi connectivity index (χ0n) is 11.1. The number of carbonyl (C=O) groups excluding carboxylic acids is 2. The van der Waals surface area contributed by atoms with Gasteiger partial charge in [-0.05, 0) is 24.1 Å². The third-order valence-electron chi connectivity index (χ3n) is 2.76. The first-order chi connectivity index (χ1) is 8.58. The second-order valence-corrected chi connectivity index (χ2v) is 4.12. The molecule has 1 aromatic rings. The smallest absolute Gasteiger partial charge is 0.315 e.